The average Bonchev–Trinajstić information content (AvgIpc) is 3.60. The number of carbonyl (C=O) groups excluding carboxylic acids is 3. The minimum Gasteiger partial charge on any atom is -0.494 e. The maximum atomic E-state index is 13.3. The average molecular weight is 728 g/mol. The van der Waals surface area contributed by atoms with Gasteiger partial charge in [-0.15, -0.1) is 0 Å². The van der Waals surface area contributed by atoms with Gasteiger partial charge >= 0.3 is 17.9 Å². The number of hydrogen-bond donors (Lipinski definition) is 0. The number of nitrogens with zero attached hydrogens (tertiary/aromatic N) is 3. The van der Waals surface area contributed by atoms with Crippen LogP contribution in [0.3, 0.4) is 0 Å². The van der Waals surface area contributed by atoms with Crippen molar-refractivity contribution in [3.05, 3.63) is 96.1 Å². The first-order chi connectivity index (χ1) is 25.4. The lowest BCUT2D eigenvalue weighted by Crippen LogP contribution is -2.18. The van der Waals surface area contributed by atoms with E-state index in [1.165, 1.54) is 0 Å². The number of anilines is 1. The van der Waals surface area contributed by atoms with Crippen LogP contribution < -0.4 is 14.5 Å². The first kappa shape index (κ1) is 39.8. The Balaban J connectivity index is 1.45. The van der Waals surface area contributed by atoms with E-state index >= 15 is 0 Å². The van der Waals surface area contributed by atoms with Gasteiger partial charge in [0.05, 0.1) is 47.4 Å². The summed E-state index contributed by atoms with van der Waals surface area (Å²) in [5.41, 5.74) is 2.04. The smallest absolute Gasteiger partial charge is 0.343 e. The Hall–Kier alpha value is -5.03. The molecule has 10 nitrogen and oxygen atoms in total. The van der Waals surface area contributed by atoms with E-state index in [-0.39, 0.29) is 5.75 Å². The van der Waals surface area contributed by atoms with Crippen molar-refractivity contribution in [1.82, 2.24) is 4.98 Å². The van der Waals surface area contributed by atoms with Crippen molar-refractivity contribution in [3.8, 4) is 11.5 Å². The molecular formula is C41H49N3O7S. The second-order valence-electron chi connectivity index (χ2n) is 12.2. The fourth-order valence-electron chi connectivity index (χ4n) is 5.08. The standard InChI is InChI=1S/C41H49N3O7S/c1-4-7-9-14-25-44(41-43-35-17-12-13-18-37(35)52-41)42-30-33-29-32(39(46)50-26-8-5-2)21-24-36(33)51-40(47)31-19-22-34(23-20-31)48-27-15-10-11-16-28-49-38(45)6-3/h6,12-13,17-24,29-30H,3-5,7-11,14-16,25-28H2,1-2H3/b42-30-. The number of hydrogen-bond acceptors (Lipinski definition) is 11. The van der Waals surface area contributed by atoms with Crippen LogP contribution >= 0.6 is 11.3 Å². The summed E-state index contributed by atoms with van der Waals surface area (Å²) in [6.07, 6.45) is 12.2. The quantitative estimate of drug-likeness (QED) is 0.0184. The maximum absolute atomic E-state index is 13.3. The highest BCUT2D eigenvalue weighted by Crippen LogP contribution is 2.30. The molecule has 0 spiro atoms. The van der Waals surface area contributed by atoms with Crippen LogP contribution in [-0.4, -0.2) is 55.5 Å². The Morgan fingerprint density at radius 1 is 0.788 bits per heavy atom. The van der Waals surface area contributed by atoms with Crippen molar-refractivity contribution in [2.75, 3.05) is 31.4 Å². The molecule has 3 aromatic carbocycles. The van der Waals surface area contributed by atoms with Gasteiger partial charge in [0.25, 0.3) is 0 Å². The number of para-hydroxylation sites is 1. The molecule has 0 saturated heterocycles. The lowest BCUT2D eigenvalue weighted by atomic mass is 10.1. The molecule has 0 unspecified atom stereocenters. The van der Waals surface area contributed by atoms with Gasteiger partial charge in [0.15, 0.2) is 0 Å². The van der Waals surface area contributed by atoms with E-state index in [1.807, 2.05) is 36.2 Å². The zero-order valence-corrected chi connectivity index (χ0v) is 31.0. The van der Waals surface area contributed by atoms with Gasteiger partial charge in [0.2, 0.25) is 5.13 Å². The van der Waals surface area contributed by atoms with E-state index in [0.29, 0.717) is 48.8 Å². The molecule has 0 aliphatic carbocycles. The second-order valence-corrected chi connectivity index (χ2v) is 13.2. The van der Waals surface area contributed by atoms with Crippen LogP contribution in [0.25, 0.3) is 10.2 Å². The summed E-state index contributed by atoms with van der Waals surface area (Å²) in [7, 11) is 0. The molecule has 4 rings (SSSR count). The van der Waals surface area contributed by atoms with Crippen molar-refractivity contribution in [1.29, 1.82) is 0 Å². The highest BCUT2D eigenvalue weighted by molar-refractivity contribution is 7.22. The number of rotatable bonds is 23. The van der Waals surface area contributed by atoms with Gasteiger partial charge < -0.3 is 18.9 Å². The number of fused-ring (bicyclic) bond motifs is 1. The predicted molar refractivity (Wildman–Crippen MR) is 207 cm³/mol. The van der Waals surface area contributed by atoms with Gasteiger partial charge in [-0.25, -0.2) is 24.4 Å². The van der Waals surface area contributed by atoms with Gasteiger partial charge in [0, 0.05) is 18.2 Å². The van der Waals surface area contributed by atoms with Crippen molar-refractivity contribution in [2.45, 2.75) is 78.1 Å². The van der Waals surface area contributed by atoms with Crippen LogP contribution in [0.2, 0.25) is 0 Å². The third-order valence-corrected chi connectivity index (χ3v) is 9.10. The predicted octanol–water partition coefficient (Wildman–Crippen LogP) is 9.56. The van der Waals surface area contributed by atoms with Gasteiger partial charge in [-0.1, -0.05) is 69.6 Å². The molecule has 1 aromatic heterocycles. The Morgan fingerprint density at radius 3 is 2.25 bits per heavy atom. The first-order valence-corrected chi connectivity index (χ1v) is 19.0. The van der Waals surface area contributed by atoms with Crippen LogP contribution in [0.15, 0.2) is 84.5 Å². The van der Waals surface area contributed by atoms with E-state index in [1.54, 1.807) is 60.0 Å². The fourth-order valence-corrected chi connectivity index (χ4v) is 6.03. The summed E-state index contributed by atoms with van der Waals surface area (Å²) in [5.74, 6) is -0.510. The van der Waals surface area contributed by atoms with Crippen LogP contribution in [0.1, 0.15) is 104 Å². The molecule has 52 heavy (non-hydrogen) atoms. The zero-order chi connectivity index (χ0) is 37.0. The molecule has 0 saturated carbocycles. The third kappa shape index (κ3) is 12.9. The number of benzene rings is 3. The number of ether oxygens (including phenoxy) is 4. The number of unbranched alkanes of at least 4 members (excludes halogenated alkanes) is 7. The van der Waals surface area contributed by atoms with Crippen molar-refractivity contribution in [3.63, 3.8) is 0 Å². The molecule has 276 valence electrons. The number of thiazole rings is 1. The SMILES string of the molecule is C=CC(=O)OCCCCCCOc1ccc(C(=O)Oc2ccc(C(=O)OCCCC)cc2/C=N\N(CCCCCC)c2nc3ccccc3s2)cc1. The zero-order valence-electron chi connectivity index (χ0n) is 30.2. The van der Waals surface area contributed by atoms with Gasteiger partial charge in [-0.2, -0.15) is 5.10 Å². The minimum atomic E-state index is -0.556. The Labute approximate surface area is 310 Å². The number of esters is 3. The van der Waals surface area contributed by atoms with Gasteiger partial charge in [-0.3, -0.25) is 0 Å². The van der Waals surface area contributed by atoms with Crippen molar-refractivity contribution < 1.29 is 33.3 Å². The Bertz CT molecular complexity index is 1740. The van der Waals surface area contributed by atoms with Crippen LogP contribution in [0.5, 0.6) is 11.5 Å². The number of aromatic nitrogens is 1. The van der Waals surface area contributed by atoms with Crippen molar-refractivity contribution in [2.24, 2.45) is 5.10 Å². The normalized spacial score (nSPS) is 11.0. The van der Waals surface area contributed by atoms with Crippen molar-refractivity contribution >= 4 is 50.8 Å². The van der Waals surface area contributed by atoms with Gasteiger partial charge in [-0.05, 0) is 93.1 Å². The van der Waals surface area contributed by atoms with Gasteiger partial charge in [0.1, 0.15) is 11.5 Å². The summed E-state index contributed by atoms with van der Waals surface area (Å²) in [6, 6.07) is 19.6. The molecule has 0 aliphatic heterocycles. The van der Waals surface area contributed by atoms with Crippen LogP contribution in [0.4, 0.5) is 5.13 Å². The first-order valence-electron chi connectivity index (χ1n) is 18.1. The molecule has 0 N–H and O–H groups in total. The largest absolute Gasteiger partial charge is 0.494 e. The monoisotopic (exact) mass is 727 g/mol. The molecule has 0 amide bonds. The number of hydrazone groups is 1. The molecule has 0 aliphatic rings. The van der Waals surface area contributed by atoms with E-state index in [9.17, 15) is 14.4 Å². The lowest BCUT2D eigenvalue weighted by molar-refractivity contribution is -0.137. The molecule has 0 fully saturated rings. The molecular weight excluding hydrogens is 679 g/mol. The molecule has 0 radical (unpaired) electrons. The summed E-state index contributed by atoms with van der Waals surface area (Å²) >= 11 is 1.56. The topological polar surface area (TPSA) is 117 Å². The Morgan fingerprint density at radius 2 is 1.50 bits per heavy atom. The maximum Gasteiger partial charge on any atom is 0.343 e. The summed E-state index contributed by atoms with van der Waals surface area (Å²) < 4.78 is 23.2. The van der Waals surface area contributed by atoms with E-state index in [4.69, 9.17) is 29.0 Å². The minimum absolute atomic E-state index is 0.258. The third-order valence-electron chi connectivity index (χ3n) is 8.05. The summed E-state index contributed by atoms with van der Waals surface area (Å²) in [5, 5.41) is 7.46. The molecule has 1 heterocycles. The fraction of sp³-hybridized carbons (Fsp3) is 0.390. The molecule has 0 bridgehead atoms. The highest BCUT2D eigenvalue weighted by atomic mass is 32.1. The van der Waals surface area contributed by atoms with E-state index in [2.05, 4.69) is 13.5 Å². The molecule has 0 atom stereocenters. The molecule has 4 aromatic rings. The van der Waals surface area contributed by atoms with Crippen LogP contribution in [-0.2, 0) is 14.3 Å². The van der Waals surface area contributed by atoms with E-state index in [0.717, 1.165) is 85.6 Å². The summed E-state index contributed by atoms with van der Waals surface area (Å²) in [6.45, 7) is 9.49. The lowest BCUT2D eigenvalue weighted by Gasteiger charge is -2.16. The highest BCUT2D eigenvalue weighted by Gasteiger charge is 2.17. The number of carbonyl (C=O) groups is 3. The summed E-state index contributed by atoms with van der Waals surface area (Å²) in [4.78, 5) is 42.1. The van der Waals surface area contributed by atoms with E-state index < -0.39 is 17.9 Å². The second kappa shape index (κ2) is 22.0. The van der Waals surface area contributed by atoms with Crippen LogP contribution in [0, 0.1) is 0 Å². The Kier molecular flexibility index (Phi) is 16.8. The molecule has 11 heteroatoms.